The van der Waals surface area contributed by atoms with Crippen LogP contribution in [0.2, 0.25) is 0 Å². The van der Waals surface area contributed by atoms with Crippen molar-refractivity contribution in [3.63, 3.8) is 0 Å². The minimum Gasteiger partial charge on any atom is -0.452 e. The normalized spacial score (nSPS) is 21.9. The fraction of sp³-hybridized carbons (Fsp3) is 0.250. The number of thiazole rings is 1. The van der Waals surface area contributed by atoms with Gasteiger partial charge in [-0.1, -0.05) is 66.7 Å². The fourth-order valence-electron chi connectivity index (χ4n) is 4.62. The van der Waals surface area contributed by atoms with Crippen LogP contribution in [-0.4, -0.2) is 57.8 Å². The van der Waals surface area contributed by atoms with Crippen LogP contribution < -0.4 is 10.6 Å². The Labute approximate surface area is 233 Å². The molecule has 2 fully saturated rings. The van der Waals surface area contributed by atoms with Crippen LogP contribution in [0, 0.1) is 5.41 Å². The molecule has 0 radical (unpaired) electrons. The molecule has 3 aromatic rings. The number of hydrogen-bond donors (Lipinski definition) is 2. The summed E-state index contributed by atoms with van der Waals surface area (Å²) in [4.78, 5) is 56.1. The van der Waals surface area contributed by atoms with Crippen LogP contribution in [0.5, 0.6) is 0 Å². The highest BCUT2D eigenvalue weighted by Gasteiger charge is 2.57. The van der Waals surface area contributed by atoms with E-state index in [0.717, 1.165) is 11.1 Å². The van der Waals surface area contributed by atoms with E-state index < -0.39 is 23.5 Å². The number of aromatic nitrogens is 1. The summed E-state index contributed by atoms with van der Waals surface area (Å²) < 4.78 is 6.11. The van der Waals surface area contributed by atoms with Crippen molar-refractivity contribution in [3.05, 3.63) is 95.5 Å². The summed E-state index contributed by atoms with van der Waals surface area (Å²) in [5.74, 6) is -0.660. The van der Waals surface area contributed by atoms with Gasteiger partial charge in [-0.05, 0) is 11.1 Å². The number of carbonyl (C=O) groups is 4. The molecule has 2 aliphatic heterocycles. The molecule has 0 saturated carbocycles. The molecule has 2 aliphatic rings. The van der Waals surface area contributed by atoms with Crippen molar-refractivity contribution in [2.75, 3.05) is 17.6 Å². The Morgan fingerprint density at radius 2 is 1.82 bits per heavy atom. The van der Waals surface area contributed by atoms with Crippen molar-refractivity contribution >= 4 is 52.4 Å². The summed E-state index contributed by atoms with van der Waals surface area (Å²) in [6.45, 7) is 4.04. The number of benzene rings is 2. The molecule has 11 heteroatoms. The Hall–Kier alpha value is -3.96. The first-order valence-electron chi connectivity index (χ1n) is 12.2. The van der Waals surface area contributed by atoms with E-state index in [2.05, 4.69) is 22.2 Å². The van der Waals surface area contributed by atoms with E-state index in [1.807, 2.05) is 60.7 Å². The second-order valence-electron chi connectivity index (χ2n) is 9.25. The molecule has 2 saturated heterocycles. The monoisotopic (exact) mass is 562 g/mol. The Kier molecular flexibility index (Phi) is 7.80. The molecule has 3 atom stereocenters. The number of rotatable bonds is 10. The first kappa shape index (κ1) is 26.6. The molecule has 5 rings (SSSR count). The number of carbonyl (C=O) groups excluding carboxylic acids is 4. The molecule has 0 bridgehead atoms. The number of fused-ring (bicyclic) bond motifs is 1. The highest BCUT2D eigenvalue weighted by molar-refractivity contribution is 8.00. The van der Waals surface area contributed by atoms with E-state index in [9.17, 15) is 19.2 Å². The number of anilines is 1. The lowest BCUT2D eigenvalue weighted by Gasteiger charge is -2.53. The van der Waals surface area contributed by atoms with Gasteiger partial charge in [0.2, 0.25) is 18.2 Å². The van der Waals surface area contributed by atoms with Gasteiger partial charge in [0.15, 0.2) is 11.2 Å². The summed E-state index contributed by atoms with van der Waals surface area (Å²) in [5.41, 5.74) is 0.601. The third-order valence-electron chi connectivity index (χ3n) is 6.72. The zero-order valence-electron chi connectivity index (χ0n) is 20.8. The van der Waals surface area contributed by atoms with Crippen LogP contribution in [0.15, 0.2) is 79.5 Å². The average molecular weight is 563 g/mol. The molecule has 3 amide bonds. The number of ether oxygens (including phenoxy) is 1. The zero-order valence-corrected chi connectivity index (χ0v) is 22.5. The van der Waals surface area contributed by atoms with Crippen molar-refractivity contribution in [1.29, 1.82) is 0 Å². The molecule has 2 unspecified atom stereocenters. The van der Waals surface area contributed by atoms with Crippen LogP contribution in [0.3, 0.4) is 0 Å². The van der Waals surface area contributed by atoms with Gasteiger partial charge in [0.25, 0.3) is 0 Å². The molecule has 1 aromatic heterocycles. The number of amides is 3. The topological polar surface area (TPSA) is 118 Å². The van der Waals surface area contributed by atoms with Gasteiger partial charge in [-0.2, -0.15) is 0 Å². The SMILES string of the molecule is C=CC1(C(=O)OC(c2ccccc2)c2ccccc2)CS[C@@H]2C(NC(=O)Cc3cnc(NC=O)s3)C(=O)N2C1. The van der Waals surface area contributed by atoms with Crippen LogP contribution in [-0.2, 0) is 30.3 Å². The summed E-state index contributed by atoms with van der Waals surface area (Å²) in [7, 11) is 0. The van der Waals surface area contributed by atoms with Gasteiger partial charge in [-0.3, -0.25) is 19.2 Å². The minimum atomic E-state index is -1.09. The largest absolute Gasteiger partial charge is 0.452 e. The minimum absolute atomic E-state index is 0.0443. The third-order valence-corrected chi connectivity index (χ3v) is 9.20. The maximum atomic E-state index is 13.7. The van der Waals surface area contributed by atoms with Gasteiger partial charge in [-0.25, -0.2) is 4.98 Å². The summed E-state index contributed by atoms with van der Waals surface area (Å²) >= 11 is 2.61. The van der Waals surface area contributed by atoms with Gasteiger partial charge in [-0.15, -0.1) is 29.7 Å². The van der Waals surface area contributed by atoms with Gasteiger partial charge < -0.3 is 20.3 Å². The maximum absolute atomic E-state index is 13.7. The number of hydrogen-bond acceptors (Lipinski definition) is 8. The lowest BCUT2D eigenvalue weighted by Crippen LogP contribution is -2.73. The van der Waals surface area contributed by atoms with Crippen LogP contribution in [0.4, 0.5) is 5.13 Å². The van der Waals surface area contributed by atoms with Gasteiger partial charge >= 0.3 is 5.97 Å². The zero-order chi connectivity index (χ0) is 27.4. The summed E-state index contributed by atoms with van der Waals surface area (Å²) in [6.07, 6.45) is 3.05. The summed E-state index contributed by atoms with van der Waals surface area (Å²) in [5, 5.41) is 5.36. The van der Waals surface area contributed by atoms with E-state index >= 15 is 0 Å². The van der Waals surface area contributed by atoms with Crippen molar-refractivity contribution in [2.45, 2.75) is 23.9 Å². The first-order chi connectivity index (χ1) is 18.9. The van der Waals surface area contributed by atoms with E-state index in [4.69, 9.17) is 4.74 Å². The van der Waals surface area contributed by atoms with Crippen molar-refractivity contribution in [1.82, 2.24) is 15.2 Å². The molecule has 0 aliphatic carbocycles. The predicted octanol–water partition coefficient (Wildman–Crippen LogP) is 3.16. The van der Waals surface area contributed by atoms with E-state index in [-0.39, 0.29) is 30.2 Å². The second kappa shape index (κ2) is 11.4. The molecule has 2 N–H and O–H groups in total. The number of β-lactam (4-membered cyclic amide) rings is 1. The number of nitrogens with zero attached hydrogens (tertiary/aromatic N) is 2. The Balaban J connectivity index is 1.24. The van der Waals surface area contributed by atoms with Gasteiger partial charge in [0, 0.05) is 23.4 Å². The third kappa shape index (κ3) is 5.45. The smallest absolute Gasteiger partial charge is 0.319 e. The standard InChI is InChI=1S/C28H26N4O5S2/c1-2-28(26(36)37-23(18-9-5-3-6-10-18)19-11-7-4-8-12-19)15-32-24(35)22(25(32)38-16-28)31-21(34)13-20-14-29-27(39-20)30-17-33/h2-12,14,17,22-23,25H,1,13,15-16H2,(H,31,34)(H,29,30,33)/t22?,25-,28?/m1/s1. The lowest BCUT2D eigenvalue weighted by atomic mass is 9.87. The van der Waals surface area contributed by atoms with Crippen molar-refractivity contribution < 1.29 is 23.9 Å². The second-order valence-corrected chi connectivity index (χ2v) is 11.5. The van der Waals surface area contributed by atoms with E-state index in [1.165, 1.54) is 29.3 Å². The Morgan fingerprint density at radius 3 is 2.44 bits per heavy atom. The molecule has 9 nitrogen and oxygen atoms in total. The average Bonchev–Trinajstić information content (AvgIpc) is 3.41. The van der Waals surface area contributed by atoms with Crippen LogP contribution >= 0.6 is 23.1 Å². The molecule has 200 valence electrons. The first-order valence-corrected chi connectivity index (χ1v) is 14.1. The Morgan fingerprint density at radius 1 is 1.15 bits per heavy atom. The van der Waals surface area contributed by atoms with E-state index in [1.54, 1.807) is 11.0 Å². The van der Waals surface area contributed by atoms with Crippen LogP contribution in [0.1, 0.15) is 22.1 Å². The molecular weight excluding hydrogens is 536 g/mol. The molecule has 0 spiro atoms. The Bertz CT molecular complexity index is 1340. The highest BCUT2D eigenvalue weighted by Crippen LogP contribution is 2.44. The molecule has 3 heterocycles. The molecule has 2 aromatic carbocycles. The highest BCUT2D eigenvalue weighted by atomic mass is 32.2. The van der Waals surface area contributed by atoms with Crippen LogP contribution in [0.25, 0.3) is 0 Å². The number of esters is 1. The number of nitrogens with one attached hydrogen (secondary N) is 2. The fourth-order valence-corrected chi connectivity index (χ4v) is 6.92. The van der Waals surface area contributed by atoms with Gasteiger partial charge in [0.1, 0.15) is 16.8 Å². The predicted molar refractivity (Wildman–Crippen MR) is 149 cm³/mol. The van der Waals surface area contributed by atoms with Crippen molar-refractivity contribution in [3.8, 4) is 0 Å². The maximum Gasteiger partial charge on any atom is 0.319 e. The number of thioether (sulfide) groups is 1. The quantitative estimate of drug-likeness (QED) is 0.169. The van der Waals surface area contributed by atoms with Crippen molar-refractivity contribution in [2.24, 2.45) is 5.41 Å². The molecule has 39 heavy (non-hydrogen) atoms. The lowest BCUT2D eigenvalue weighted by molar-refractivity contribution is -0.162. The van der Waals surface area contributed by atoms with E-state index in [0.29, 0.717) is 22.2 Å². The summed E-state index contributed by atoms with van der Waals surface area (Å²) in [6, 6.07) is 18.4. The van der Waals surface area contributed by atoms with Gasteiger partial charge in [0.05, 0.1) is 6.42 Å². The molecular formula is C28H26N4O5S2.